The summed E-state index contributed by atoms with van der Waals surface area (Å²) in [6.07, 6.45) is 0. The maximum atomic E-state index is 11.5. The van der Waals surface area contributed by atoms with E-state index in [9.17, 15) is 9.90 Å². The Labute approximate surface area is 191 Å². The number of rotatable bonds is 6. The number of ether oxygens (including phenoxy) is 1. The molecule has 0 atom stereocenters. The van der Waals surface area contributed by atoms with E-state index in [1.807, 2.05) is 66.0 Å². The normalized spacial score (nSPS) is 10.7. The Bertz CT molecular complexity index is 1200. The van der Waals surface area contributed by atoms with Crippen LogP contribution < -0.4 is 4.74 Å². The summed E-state index contributed by atoms with van der Waals surface area (Å²) in [5.74, 6) is -0.289. The molecule has 0 fully saturated rings. The third-order valence-electron chi connectivity index (χ3n) is 4.59. The molecule has 0 saturated heterocycles. The van der Waals surface area contributed by atoms with Crippen molar-refractivity contribution in [2.45, 2.75) is 6.61 Å². The molecule has 0 aliphatic carbocycles. The molecular formula is C24H16BrClO3S. The largest absolute Gasteiger partial charge is 0.488 e. The first-order valence-corrected chi connectivity index (χ1v) is 11.2. The zero-order valence-electron chi connectivity index (χ0n) is 15.6. The average Bonchev–Trinajstić information content (AvgIpc) is 3.23. The van der Waals surface area contributed by atoms with Crippen molar-refractivity contribution in [3.05, 3.63) is 98.8 Å². The van der Waals surface area contributed by atoms with Gasteiger partial charge >= 0.3 is 5.97 Å². The van der Waals surface area contributed by atoms with Gasteiger partial charge in [-0.15, -0.1) is 11.3 Å². The molecule has 0 unspecified atom stereocenters. The number of carboxylic acids is 1. The molecule has 4 aromatic rings. The van der Waals surface area contributed by atoms with Crippen LogP contribution in [0.25, 0.3) is 21.6 Å². The molecule has 6 heteroatoms. The molecule has 4 rings (SSSR count). The predicted octanol–water partition coefficient (Wildman–Crippen LogP) is 7.78. The number of benzene rings is 3. The van der Waals surface area contributed by atoms with Crippen LogP contribution in [0, 0.1) is 0 Å². The van der Waals surface area contributed by atoms with Crippen molar-refractivity contribution in [2.75, 3.05) is 0 Å². The highest BCUT2D eigenvalue weighted by molar-refractivity contribution is 9.10. The van der Waals surface area contributed by atoms with Crippen LogP contribution in [0.3, 0.4) is 0 Å². The van der Waals surface area contributed by atoms with Gasteiger partial charge in [-0.25, -0.2) is 4.79 Å². The minimum absolute atomic E-state index is 0.0864. The Balaban J connectivity index is 1.74. The highest BCUT2D eigenvalue weighted by atomic mass is 79.9. The first-order chi connectivity index (χ1) is 14.5. The van der Waals surface area contributed by atoms with Crippen LogP contribution in [0.15, 0.2) is 82.6 Å². The lowest BCUT2D eigenvalue weighted by atomic mass is 10.0. The number of hydrogen-bond donors (Lipinski definition) is 1. The van der Waals surface area contributed by atoms with E-state index in [4.69, 9.17) is 16.3 Å². The summed E-state index contributed by atoms with van der Waals surface area (Å²) in [4.78, 5) is 12.5. The molecule has 0 bridgehead atoms. The fourth-order valence-electron chi connectivity index (χ4n) is 3.15. The Morgan fingerprint density at radius 1 is 1.00 bits per heavy atom. The molecule has 3 aromatic carbocycles. The van der Waals surface area contributed by atoms with Crippen molar-refractivity contribution in [2.24, 2.45) is 0 Å². The fourth-order valence-corrected chi connectivity index (χ4v) is 4.62. The van der Waals surface area contributed by atoms with Crippen molar-refractivity contribution in [1.82, 2.24) is 0 Å². The summed E-state index contributed by atoms with van der Waals surface area (Å²) in [6, 6.07) is 23.0. The molecule has 0 radical (unpaired) electrons. The maximum absolute atomic E-state index is 11.5. The van der Waals surface area contributed by atoms with Crippen molar-refractivity contribution in [1.29, 1.82) is 0 Å². The second-order valence-electron chi connectivity index (χ2n) is 6.58. The molecular weight excluding hydrogens is 484 g/mol. The van der Waals surface area contributed by atoms with Crippen LogP contribution in [-0.4, -0.2) is 11.1 Å². The van der Waals surface area contributed by atoms with E-state index < -0.39 is 5.97 Å². The van der Waals surface area contributed by atoms with Crippen LogP contribution in [0.2, 0.25) is 5.02 Å². The summed E-state index contributed by atoms with van der Waals surface area (Å²) in [7, 11) is 0. The van der Waals surface area contributed by atoms with Gasteiger partial charge in [0.25, 0.3) is 0 Å². The smallest absolute Gasteiger partial charge is 0.337 e. The molecule has 30 heavy (non-hydrogen) atoms. The average molecular weight is 500 g/mol. The number of thiophene rings is 1. The zero-order valence-corrected chi connectivity index (χ0v) is 18.8. The van der Waals surface area contributed by atoms with E-state index in [0.29, 0.717) is 6.61 Å². The molecule has 0 aliphatic rings. The van der Waals surface area contributed by atoms with Gasteiger partial charge in [-0.05, 0) is 52.9 Å². The molecule has 3 nitrogen and oxygen atoms in total. The first kappa shape index (κ1) is 20.7. The van der Waals surface area contributed by atoms with Crippen LogP contribution in [0.1, 0.15) is 15.9 Å². The van der Waals surface area contributed by atoms with Crippen molar-refractivity contribution >= 4 is 44.8 Å². The fraction of sp³-hybridized carbons (Fsp3) is 0.0417. The van der Waals surface area contributed by atoms with Crippen molar-refractivity contribution in [3.63, 3.8) is 0 Å². The van der Waals surface area contributed by atoms with Gasteiger partial charge in [0.05, 0.1) is 10.6 Å². The van der Waals surface area contributed by atoms with Gasteiger partial charge in [-0.2, -0.15) is 0 Å². The third-order valence-corrected chi connectivity index (χ3v) is 6.38. The summed E-state index contributed by atoms with van der Waals surface area (Å²) >= 11 is 11.1. The number of carboxylic acid groups (broad SMARTS) is 1. The summed E-state index contributed by atoms with van der Waals surface area (Å²) in [5, 5.41) is 11.6. The van der Waals surface area contributed by atoms with E-state index in [0.717, 1.165) is 37.4 Å². The lowest BCUT2D eigenvalue weighted by Gasteiger charge is -2.14. The lowest BCUT2D eigenvalue weighted by molar-refractivity contribution is 0.0697. The molecule has 1 aromatic heterocycles. The van der Waals surface area contributed by atoms with Gasteiger partial charge in [0.15, 0.2) is 0 Å². The van der Waals surface area contributed by atoms with Gasteiger partial charge in [-0.3, -0.25) is 0 Å². The van der Waals surface area contributed by atoms with Gasteiger partial charge in [0, 0.05) is 20.5 Å². The number of aromatic carboxylic acids is 1. The summed E-state index contributed by atoms with van der Waals surface area (Å²) in [5.41, 5.74) is 3.88. The number of halogens is 2. The quantitative estimate of drug-likeness (QED) is 0.295. The molecule has 1 N–H and O–H groups in total. The van der Waals surface area contributed by atoms with Gasteiger partial charge in [0.1, 0.15) is 12.4 Å². The van der Waals surface area contributed by atoms with E-state index in [2.05, 4.69) is 15.9 Å². The first-order valence-electron chi connectivity index (χ1n) is 9.10. The van der Waals surface area contributed by atoms with Crippen LogP contribution >= 0.6 is 38.9 Å². The minimum atomic E-state index is -1.05. The highest BCUT2D eigenvalue weighted by Gasteiger charge is 2.17. The number of carbonyl (C=O) groups is 1. The van der Waals surface area contributed by atoms with Gasteiger partial charge in [0.2, 0.25) is 0 Å². The van der Waals surface area contributed by atoms with E-state index >= 15 is 0 Å². The van der Waals surface area contributed by atoms with Crippen LogP contribution in [0.4, 0.5) is 0 Å². The Kier molecular flexibility index (Phi) is 6.23. The van der Waals surface area contributed by atoms with E-state index in [-0.39, 0.29) is 10.6 Å². The molecule has 1 heterocycles. The maximum Gasteiger partial charge on any atom is 0.337 e. The predicted molar refractivity (Wildman–Crippen MR) is 126 cm³/mol. The molecule has 0 aliphatic heterocycles. The standard InChI is InChI=1S/C24H16BrClO3S/c25-17-7-9-22(29-14-15-4-2-1-3-5-15)19(13-17)18-10-11-30-23(18)16-6-8-21(26)20(12-16)24(27)28/h1-13H,14H2,(H,27,28). The van der Waals surface area contributed by atoms with Crippen molar-refractivity contribution in [3.8, 4) is 27.3 Å². The van der Waals surface area contributed by atoms with Gasteiger partial charge in [-0.1, -0.05) is 63.9 Å². The SMILES string of the molecule is O=C(O)c1cc(-c2sccc2-c2cc(Br)ccc2OCc2ccccc2)ccc1Cl. The summed E-state index contributed by atoms with van der Waals surface area (Å²) in [6.45, 7) is 0.457. The Morgan fingerprint density at radius 3 is 2.57 bits per heavy atom. The lowest BCUT2D eigenvalue weighted by Crippen LogP contribution is -1.98. The molecule has 0 amide bonds. The second-order valence-corrected chi connectivity index (χ2v) is 8.82. The Morgan fingerprint density at radius 2 is 1.80 bits per heavy atom. The van der Waals surface area contributed by atoms with Gasteiger partial charge < -0.3 is 9.84 Å². The van der Waals surface area contributed by atoms with Crippen LogP contribution in [0.5, 0.6) is 5.75 Å². The van der Waals surface area contributed by atoms with E-state index in [1.165, 1.54) is 0 Å². The summed E-state index contributed by atoms with van der Waals surface area (Å²) < 4.78 is 7.08. The third kappa shape index (κ3) is 4.43. The molecule has 150 valence electrons. The Hall–Kier alpha value is -2.60. The molecule has 0 spiro atoms. The van der Waals surface area contributed by atoms with Crippen LogP contribution in [-0.2, 0) is 6.61 Å². The topological polar surface area (TPSA) is 46.5 Å². The molecule has 0 saturated carbocycles. The zero-order chi connectivity index (χ0) is 21.1. The monoisotopic (exact) mass is 498 g/mol. The van der Waals surface area contributed by atoms with Crippen molar-refractivity contribution < 1.29 is 14.6 Å². The second kappa shape index (κ2) is 9.04. The van der Waals surface area contributed by atoms with E-state index in [1.54, 1.807) is 23.5 Å². The number of hydrogen-bond acceptors (Lipinski definition) is 3. The highest BCUT2D eigenvalue weighted by Crippen LogP contribution is 2.42. The minimum Gasteiger partial charge on any atom is -0.488 e.